The molecule has 1 fully saturated rings. The standard InChI is InChI=1S/C22H26N2O2S/c1-22(21(26)23-13-15-27-2)12-14-24(22)20(25)16-17-8-10-19(11-9-17)18-6-4-3-5-7-18/h3-11H,12-16H2,1-2H3,(H,23,26). The second-order valence-electron chi connectivity index (χ2n) is 7.06. The lowest BCUT2D eigenvalue weighted by molar-refractivity contribution is -0.156. The zero-order valence-electron chi connectivity index (χ0n) is 15.9. The number of carbonyl (C=O) groups excluding carboxylic acids is 2. The van der Waals surface area contributed by atoms with Crippen molar-refractivity contribution in [3.8, 4) is 11.1 Å². The Morgan fingerprint density at radius 3 is 2.33 bits per heavy atom. The zero-order chi connectivity index (χ0) is 19.3. The molecule has 1 saturated heterocycles. The summed E-state index contributed by atoms with van der Waals surface area (Å²) in [6.45, 7) is 3.15. The highest BCUT2D eigenvalue weighted by Gasteiger charge is 2.48. The van der Waals surface area contributed by atoms with Crippen LogP contribution < -0.4 is 5.32 Å². The lowest BCUT2D eigenvalue weighted by atomic mass is 9.85. The lowest BCUT2D eigenvalue weighted by Crippen LogP contribution is -2.67. The smallest absolute Gasteiger partial charge is 0.245 e. The Morgan fingerprint density at radius 1 is 1.07 bits per heavy atom. The predicted molar refractivity (Wildman–Crippen MR) is 112 cm³/mol. The molecule has 4 nitrogen and oxygen atoms in total. The molecule has 0 spiro atoms. The van der Waals surface area contributed by atoms with Crippen LogP contribution in [0.25, 0.3) is 11.1 Å². The summed E-state index contributed by atoms with van der Waals surface area (Å²) in [5.41, 5.74) is 2.55. The van der Waals surface area contributed by atoms with Gasteiger partial charge in [0.25, 0.3) is 0 Å². The zero-order valence-corrected chi connectivity index (χ0v) is 16.7. The quantitative estimate of drug-likeness (QED) is 0.747. The van der Waals surface area contributed by atoms with Gasteiger partial charge in [-0.1, -0.05) is 54.6 Å². The van der Waals surface area contributed by atoms with Gasteiger partial charge in [0.15, 0.2) is 0 Å². The van der Waals surface area contributed by atoms with E-state index >= 15 is 0 Å². The van der Waals surface area contributed by atoms with Crippen LogP contribution >= 0.6 is 11.8 Å². The molecule has 1 heterocycles. The van der Waals surface area contributed by atoms with E-state index in [4.69, 9.17) is 0 Å². The maximum absolute atomic E-state index is 12.7. The Balaban J connectivity index is 1.61. The Kier molecular flexibility index (Phi) is 6.22. The number of hydrogen-bond donors (Lipinski definition) is 1. The molecule has 1 atom stereocenters. The summed E-state index contributed by atoms with van der Waals surface area (Å²) >= 11 is 1.69. The molecule has 2 aromatic rings. The maximum atomic E-state index is 12.7. The van der Waals surface area contributed by atoms with Gasteiger partial charge in [0.05, 0.1) is 6.42 Å². The van der Waals surface area contributed by atoms with Gasteiger partial charge >= 0.3 is 0 Å². The van der Waals surface area contributed by atoms with Gasteiger partial charge < -0.3 is 10.2 Å². The van der Waals surface area contributed by atoms with Crippen molar-refractivity contribution in [3.05, 3.63) is 60.2 Å². The van der Waals surface area contributed by atoms with Crippen molar-refractivity contribution < 1.29 is 9.59 Å². The molecule has 3 rings (SSSR count). The Morgan fingerprint density at radius 2 is 1.74 bits per heavy atom. The van der Waals surface area contributed by atoms with Gasteiger partial charge in [-0.2, -0.15) is 11.8 Å². The van der Waals surface area contributed by atoms with E-state index in [1.54, 1.807) is 16.7 Å². The van der Waals surface area contributed by atoms with E-state index in [9.17, 15) is 9.59 Å². The molecule has 0 aromatic heterocycles. The van der Waals surface area contributed by atoms with Gasteiger partial charge in [0.2, 0.25) is 11.8 Å². The molecule has 2 amide bonds. The van der Waals surface area contributed by atoms with Crippen LogP contribution in [0.1, 0.15) is 18.9 Å². The van der Waals surface area contributed by atoms with E-state index in [0.29, 0.717) is 19.5 Å². The molecule has 27 heavy (non-hydrogen) atoms. The van der Waals surface area contributed by atoms with Gasteiger partial charge in [-0.15, -0.1) is 0 Å². The third-order valence-electron chi connectivity index (χ3n) is 5.22. The van der Waals surface area contributed by atoms with Crippen LogP contribution in [0.2, 0.25) is 0 Å². The monoisotopic (exact) mass is 382 g/mol. The molecular formula is C22H26N2O2S. The lowest BCUT2D eigenvalue weighted by Gasteiger charge is -2.49. The summed E-state index contributed by atoms with van der Waals surface area (Å²) in [4.78, 5) is 26.9. The molecule has 0 radical (unpaired) electrons. The molecule has 5 heteroatoms. The molecule has 1 aliphatic rings. The third-order valence-corrected chi connectivity index (χ3v) is 5.83. The minimum Gasteiger partial charge on any atom is -0.353 e. The normalized spacial score (nSPS) is 18.7. The number of benzene rings is 2. The van der Waals surface area contributed by atoms with Crippen molar-refractivity contribution in [2.45, 2.75) is 25.3 Å². The molecule has 0 aliphatic carbocycles. The second kappa shape index (κ2) is 8.61. The topological polar surface area (TPSA) is 49.4 Å². The minimum atomic E-state index is -0.709. The first-order chi connectivity index (χ1) is 13.0. The fraction of sp³-hybridized carbons (Fsp3) is 0.364. The summed E-state index contributed by atoms with van der Waals surface area (Å²) < 4.78 is 0. The van der Waals surface area contributed by atoms with E-state index < -0.39 is 5.54 Å². The summed E-state index contributed by atoms with van der Waals surface area (Å²) in [5, 5.41) is 2.95. The van der Waals surface area contributed by atoms with Crippen molar-refractivity contribution in [2.75, 3.05) is 25.1 Å². The molecule has 1 unspecified atom stereocenters. The minimum absolute atomic E-state index is 0.0104. The van der Waals surface area contributed by atoms with Crippen LogP contribution in [-0.2, 0) is 16.0 Å². The fourth-order valence-corrected chi connectivity index (χ4v) is 3.67. The summed E-state index contributed by atoms with van der Waals surface area (Å²) in [7, 11) is 0. The fourth-order valence-electron chi connectivity index (χ4n) is 3.37. The van der Waals surface area contributed by atoms with Crippen LogP contribution in [0.15, 0.2) is 54.6 Å². The van der Waals surface area contributed by atoms with Gasteiger partial charge in [-0.05, 0) is 36.3 Å². The van der Waals surface area contributed by atoms with Crippen molar-refractivity contribution >= 4 is 23.6 Å². The second-order valence-corrected chi connectivity index (χ2v) is 8.04. The molecular weight excluding hydrogens is 356 g/mol. The van der Waals surface area contributed by atoms with Crippen LogP contribution in [0, 0.1) is 0 Å². The van der Waals surface area contributed by atoms with Gasteiger partial charge in [0, 0.05) is 18.8 Å². The number of thioether (sulfide) groups is 1. The number of likely N-dealkylation sites (tertiary alicyclic amines) is 1. The van der Waals surface area contributed by atoms with E-state index in [-0.39, 0.29) is 11.8 Å². The molecule has 1 N–H and O–H groups in total. The average Bonchev–Trinajstić information content (AvgIpc) is 2.67. The number of amides is 2. The largest absolute Gasteiger partial charge is 0.353 e. The van der Waals surface area contributed by atoms with E-state index in [2.05, 4.69) is 17.4 Å². The van der Waals surface area contributed by atoms with Gasteiger partial charge in [-0.3, -0.25) is 9.59 Å². The van der Waals surface area contributed by atoms with Gasteiger partial charge in [0.1, 0.15) is 5.54 Å². The highest BCUT2D eigenvalue weighted by atomic mass is 32.2. The first-order valence-electron chi connectivity index (χ1n) is 9.26. The third kappa shape index (κ3) is 4.35. The Hall–Kier alpha value is -2.27. The van der Waals surface area contributed by atoms with Crippen LogP contribution in [0.5, 0.6) is 0 Å². The van der Waals surface area contributed by atoms with Crippen molar-refractivity contribution in [2.24, 2.45) is 0 Å². The number of carbonyl (C=O) groups is 2. The van der Waals surface area contributed by atoms with Crippen molar-refractivity contribution in [1.82, 2.24) is 10.2 Å². The average molecular weight is 383 g/mol. The van der Waals surface area contributed by atoms with Crippen LogP contribution in [0.4, 0.5) is 0 Å². The predicted octanol–water partition coefficient (Wildman–Crippen LogP) is 3.37. The molecule has 0 saturated carbocycles. The first-order valence-corrected chi connectivity index (χ1v) is 10.7. The number of rotatable bonds is 7. The summed E-state index contributed by atoms with van der Waals surface area (Å²) in [5.74, 6) is 0.843. The van der Waals surface area contributed by atoms with Crippen LogP contribution in [-0.4, -0.2) is 47.4 Å². The number of nitrogens with one attached hydrogen (secondary N) is 1. The van der Waals surface area contributed by atoms with Crippen LogP contribution in [0.3, 0.4) is 0 Å². The van der Waals surface area contributed by atoms with Crippen molar-refractivity contribution in [3.63, 3.8) is 0 Å². The number of hydrogen-bond acceptors (Lipinski definition) is 3. The highest BCUT2D eigenvalue weighted by molar-refractivity contribution is 7.98. The Bertz CT molecular complexity index is 792. The summed E-state index contributed by atoms with van der Waals surface area (Å²) in [6.07, 6.45) is 3.05. The molecule has 1 aliphatic heterocycles. The molecule has 0 bridgehead atoms. The molecule has 2 aromatic carbocycles. The Labute approximate surface area is 165 Å². The highest BCUT2D eigenvalue weighted by Crippen LogP contribution is 2.31. The van der Waals surface area contributed by atoms with E-state index in [1.807, 2.05) is 55.6 Å². The van der Waals surface area contributed by atoms with Gasteiger partial charge in [-0.25, -0.2) is 0 Å². The van der Waals surface area contributed by atoms with E-state index in [0.717, 1.165) is 28.9 Å². The van der Waals surface area contributed by atoms with Crippen molar-refractivity contribution in [1.29, 1.82) is 0 Å². The summed E-state index contributed by atoms with van der Waals surface area (Å²) in [6, 6.07) is 18.3. The molecule has 142 valence electrons. The van der Waals surface area contributed by atoms with E-state index in [1.165, 1.54) is 0 Å². The maximum Gasteiger partial charge on any atom is 0.245 e. The first kappa shape index (κ1) is 19.5. The number of nitrogens with zero attached hydrogens (tertiary/aromatic N) is 1. The SMILES string of the molecule is CSCCNC(=O)C1(C)CCN1C(=O)Cc1ccc(-c2ccccc2)cc1.